The fourth-order valence-corrected chi connectivity index (χ4v) is 1.41. The van der Waals surface area contributed by atoms with Gasteiger partial charge in [-0.15, -0.1) is 12.4 Å². The molecule has 1 aliphatic rings. The van der Waals surface area contributed by atoms with E-state index in [0.717, 1.165) is 13.1 Å². The summed E-state index contributed by atoms with van der Waals surface area (Å²) < 4.78 is 0. The monoisotopic (exact) mass is 208 g/mol. The minimum atomic E-state index is -0.338. The topological polar surface area (TPSA) is 61.6 Å². The lowest BCUT2D eigenvalue weighted by atomic mass is 10.3. The standard InChI is InChI=1S/C7H16N4O.ClH/c1-10(2)6-5-9-3-4-11(6)7(8)12;/h6,9H,3-5H2,1-2H3,(H2,8,12);1H. The van der Waals surface area contributed by atoms with E-state index in [2.05, 4.69) is 5.32 Å². The van der Waals surface area contributed by atoms with E-state index in [1.54, 1.807) is 4.90 Å². The fourth-order valence-electron chi connectivity index (χ4n) is 1.41. The van der Waals surface area contributed by atoms with Gasteiger partial charge in [0, 0.05) is 19.6 Å². The van der Waals surface area contributed by atoms with Gasteiger partial charge in [-0.1, -0.05) is 0 Å². The lowest BCUT2D eigenvalue weighted by Crippen LogP contribution is -2.60. The zero-order chi connectivity index (χ0) is 9.14. The van der Waals surface area contributed by atoms with Crippen LogP contribution in [-0.2, 0) is 0 Å². The second kappa shape index (κ2) is 5.26. The van der Waals surface area contributed by atoms with Gasteiger partial charge < -0.3 is 16.0 Å². The molecule has 78 valence electrons. The van der Waals surface area contributed by atoms with Crippen LogP contribution in [0.1, 0.15) is 0 Å². The summed E-state index contributed by atoms with van der Waals surface area (Å²) in [6.07, 6.45) is 0.0937. The molecule has 0 aliphatic carbocycles. The molecular formula is C7H17ClN4O. The molecule has 0 aromatic carbocycles. The number of amides is 2. The molecule has 0 saturated carbocycles. The van der Waals surface area contributed by atoms with Crippen LogP contribution in [0.15, 0.2) is 0 Å². The van der Waals surface area contributed by atoms with Crippen molar-refractivity contribution in [3.05, 3.63) is 0 Å². The summed E-state index contributed by atoms with van der Waals surface area (Å²) in [7, 11) is 3.88. The number of likely N-dealkylation sites (N-methyl/N-ethyl adjacent to an activating group) is 1. The molecule has 2 amide bonds. The lowest BCUT2D eigenvalue weighted by Gasteiger charge is -2.38. The number of hydrogen-bond donors (Lipinski definition) is 2. The molecule has 0 radical (unpaired) electrons. The maximum atomic E-state index is 11.0. The van der Waals surface area contributed by atoms with Crippen LogP contribution in [0.25, 0.3) is 0 Å². The first-order valence-corrected chi connectivity index (χ1v) is 4.06. The zero-order valence-electron chi connectivity index (χ0n) is 7.99. The van der Waals surface area contributed by atoms with Crippen molar-refractivity contribution in [1.82, 2.24) is 15.1 Å². The summed E-state index contributed by atoms with van der Waals surface area (Å²) >= 11 is 0. The Hall–Kier alpha value is -0.520. The molecule has 1 rings (SSSR count). The Bertz CT molecular complexity index is 176. The fraction of sp³-hybridized carbons (Fsp3) is 0.857. The molecule has 0 bridgehead atoms. The van der Waals surface area contributed by atoms with Crippen LogP contribution in [0.3, 0.4) is 0 Å². The highest BCUT2D eigenvalue weighted by molar-refractivity contribution is 5.85. The van der Waals surface area contributed by atoms with Gasteiger partial charge in [-0.2, -0.15) is 0 Å². The summed E-state index contributed by atoms with van der Waals surface area (Å²) in [5.74, 6) is 0. The second-order valence-electron chi connectivity index (χ2n) is 3.18. The van der Waals surface area contributed by atoms with Crippen molar-refractivity contribution < 1.29 is 4.79 Å². The average molecular weight is 209 g/mol. The second-order valence-corrected chi connectivity index (χ2v) is 3.18. The molecule has 1 unspecified atom stereocenters. The molecule has 1 atom stereocenters. The highest BCUT2D eigenvalue weighted by Gasteiger charge is 2.25. The summed E-state index contributed by atoms with van der Waals surface area (Å²) in [6, 6.07) is -0.338. The number of halogens is 1. The molecule has 6 heteroatoms. The first-order chi connectivity index (χ1) is 5.63. The van der Waals surface area contributed by atoms with Gasteiger partial charge in [0.05, 0.1) is 6.17 Å². The van der Waals surface area contributed by atoms with Gasteiger partial charge in [-0.25, -0.2) is 4.79 Å². The first kappa shape index (κ1) is 12.5. The van der Waals surface area contributed by atoms with Crippen molar-refractivity contribution in [3.8, 4) is 0 Å². The summed E-state index contributed by atoms with van der Waals surface area (Å²) in [5, 5.41) is 3.21. The molecule has 0 aromatic rings. The Kier molecular flexibility index (Phi) is 5.05. The van der Waals surface area contributed by atoms with E-state index in [1.165, 1.54) is 0 Å². The third-order valence-corrected chi connectivity index (χ3v) is 2.10. The molecule has 5 nitrogen and oxygen atoms in total. The summed E-state index contributed by atoms with van der Waals surface area (Å²) in [6.45, 7) is 2.31. The van der Waals surface area contributed by atoms with Crippen molar-refractivity contribution in [2.24, 2.45) is 5.73 Å². The van der Waals surface area contributed by atoms with Gasteiger partial charge in [-0.05, 0) is 14.1 Å². The van der Waals surface area contributed by atoms with Crippen LogP contribution < -0.4 is 11.1 Å². The minimum absolute atomic E-state index is 0. The van der Waals surface area contributed by atoms with E-state index < -0.39 is 0 Å². The van der Waals surface area contributed by atoms with E-state index in [4.69, 9.17) is 5.73 Å². The molecule has 0 spiro atoms. The lowest BCUT2D eigenvalue weighted by molar-refractivity contribution is 0.0862. The molecule has 0 aromatic heterocycles. The van der Waals surface area contributed by atoms with Crippen molar-refractivity contribution in [1.29, 1.82) is 0 Å². The van der Waals surface area contributed by atoms with Crippen molar-refractivity contribution in [2.45, 2.75) is 6.17 Å². The van der Waals surface area contributed by atoms with E-state index in [1.807, 2.05) is 19.0 Å². The van der Waals surface area contributed by atoms with Crippen LogP contribution in [0.2, 0.25) is 0 Å². The number of carbonyl (C=O) groups excluding carboxylic acids is 1. The van der Waals surface area contributed by atoms with Gasteiger partial charge in [-0.3, -0.25) is 4.90 Å². The van der Waals surface area contributed by atoms with Gasteiger partial charge in [0.2, 0.25) is 0 Å². The number of nitrogens with one attached hydrogen (secondary N) is 1. The summed E-state index contributed by atoms with van der Waals surface area (Å²) in [4.78, 5) is 14.6. The van der Waals surface area contributed by atoms with Gasteiger partial charge in [0.15, 0.2) is 0 Å². The molecular weight excluding hydrogens is 192 g/mol. The molecule has 1 heterocycles. The average Bonchev–Trinajstić information content (AvgIpc) is 2.04. The van der Waals surface area contributed by atoms with Crippen LogP contribution in [-0.4, -0.2) is 55.7 Å². The van der Waals surface area contributed by atoms with Crippen LogP contribution >= 0.6 is 12.4 Å². The molecule has 1 fully saturated rings. The van der Waals surface area contributed by atoms with Crippen LogP contribution in [0.4, 0.5) is 4.79 Å². The summed E-state index contributed by atoms with van der Waals surface area (Å²) in [5.41, 5.74) is 5.23. The highest BCUT2D eigenvalue weighted by Crippen LogP contribution is 2.04. The Morgan fingerprint density at radius 1 is 1.62 bits per heavy atom. The number of piperazine rings is 1. The normalized spacial score (nSPS) is 22.7. The van der Waals surface area contributed by atoms with E-state index in [-0.39, 0.29) is 24.6 Å². The number of carbonyl (C=O) groups is 1. The molecule has 1 saturated heterocycles. The number of rotatable bonds is 1. The van der Waals surface area contributed by atoms with Gasteiger partial charge in [0.1, 0.15) is 0 Å². The molecule has 13 heavy (non-hydrogen) atoms. The predicted octanol–water partition coefficient (Wildman–Crippen LogP) is -0.720. The SMILES string of the molecule is CN(C)C1CNCCN1C(N)=O.Cl. The third-order valence-electron chi connectivity index (χ3n) is 2.10. The maximum absolute atomic E-state index is 11.0. The quantitative estimate of drug-likeness (QED) is 0.598. The zero-order valence-corrected chi connectivity index (χ0v) is 8.80. The molecule has 3 N–H and O–H groups in total. The maximum Gasteiger partial charge on any atom is 0.316 e. The van der Waals surface area contributed by atoms with Gasteiger partial charge >= 0.3 is 6.03 Å². The highest BCUT2D eigenvalue weighted by atomic mass is 35.5. The number of nitrogens with zero attached hydrogens (tertiary/aromatic N) is 2. The van der Waals surface area contributed by atoms with Crippen LogP contribution in [0, 0.1) is 0 Å². The third kappa shape index (κ3) is 3.02. The Labute approximate surface area is 84.6 Å². The van der Waals surface area contributed by atoms with Crippen molar-refractivity contribution in [2.75, 3.05) is 33.7 Å². The smallest absolute Gasteiger partial charge is 0.316 e. The first-order valence-electron chi connectivity index (χ1n) is 4.06. The van der Waals surface area contributed by atoms with Crippen molar-refractivity contribution >= 4 is 18.4 Å². The Morgan fingerprint density at radius 2 is 2.23 bits per heavy atom. The predicted molar refractivity (Wildman–Crippen MR) is 53.9 cm³/mol. The van der Waals surface area contributed by atoms with Gasteiger partial charge in [0.25, 0.3) is 0 Å². The molecule has 1 aliphatic heterocycles. The number of nitrogens with two attached hydrogens (primary N) is 1. The Balaban J connectivity index is 0.00000144. The van der Waals surface area contributed by atoms with Crippen molar-refractivity contribution in [3.63, 3.8) is 0 Å². The van der Waals surface area contributed by atoms with E-state index >= 15 is 0 Å². The Morgan fingerprint density at radius 3 is 2.62 bits per heavy atom. The number of primary amides is 1. The van der Waals surface area contributed by atoms with Crippen LogP contribution in [0.5, 0.6) is 0 Å². The van der Waals surface area contributed by atoms with E-state index in [0.29, 0.717) is 6.54 Å². The largest absolute Gasteiger partial charge is 0.351 e. The number of urea groups is 1. The number of hydrogen-bond acceptors (Lipinski definition) is 3. The minimum Gasteiger partial charge on any atom is -0.351 e. The van der Waals surface area contributed by atoms with E-state index in [9.17, 15) is 4.79 Å².